The maximum absolute atomic E-state index is 10.2. The monoisotopic (exact) mass is 228 g/mol. The fourth-order valence-electron chi connectivity index (χ4n) is 2.37. The lowest BCUT2D eigenvalue weighted by Crippen LogP contribution is -2.30. The van der Waals surface area contributed by atoms with Gasteiger partial charge >= 0.3 is 0 Å². The van der Waals surface area contributed by atoms with E-state index in [1.165, 1.54) is 0 Å². The summed E-state index contributed by atoms with van der Waals surface area (Å²) in [5, 5.41) is 22.7. The van der Waals surface area contributed by atoms with Crippen molar-refractivity contribution in [2.24, 2.45) is 5.11 Å². The summed E-state index contributed by atoms with van der Waals surface area (Å²) in [5.41, 5.74) is 10.3. The third-order valence-electron chi connectivity index (χ3n) is 3.41. The quantitative estimate of drug-likeness (QED) is 0.454. The molecule has 0 spiro atoms. The van der Waals surface area contributed by atoms with Crippen molar-refractivity contribution in [2.45, 2.75) is 31.4 Å². The SMILES string of the molecule is CC1(C)c2ccc(C#N)cc2[C@@H](N=[N+]=[N-])[C@@H]1O. The zero-order valence-corrected chi connectivity index (χ0v) is 9.62. The molecule has 1 aromatic carbocycles. The number of fused-ring (bicyclic) bond motifs is 1. The second kappa shape index (κ2) is 3.77. The largest absolute Gasteiger partial charge is 0.391 e. The Morgan fingerprint density at radius 1 is 1.53 bits per heavy atom. The van der Waals surface area contributed by atoms with Crippen LogP contribution in [0.2, 0.25) is 0 Å². The third kappa shape index (κ3) is 1.55. The zero-order chi connectivity index (χ0) is 12.6. The van der Waals surface area contributed by atoms with Crippen LogP contribution in [-0.4, -0.2) is 11.2 Å². The van der Waals surface area contributed by atoms with Gasteiger partial charge in [-0.3, -0.25) is 0 Å². The topological polar surface area (TPSA) is 92.8 Å². The van der Waals surface area contributed by atoms with Gasteiger partial charge in [-0.25, -0.2) is 0 Å². The minimum atomic E-state index is -0.762. The molecule has 0 bridgehead atoms. The van der Waals surface area contributed by atoms with E-state index in [1.54, 1.807) is 12.1 Å². The van der Waals surface area contributed by atoms with E-state index < -0.39 is 17.6 Å². The first-order valence-electron chi connectivity index (χ1n) is 5.29. The van der Waals surface area contributed by atoms with Gasteiger partial charge in [-0.15, -0.1) is 0 Å². The Morgan fingerprint density at radius 3 is 2.82 bits per heavy atom. The number of hydrogen-bond acceptors (Lipinski definition) is 3. The smallest absolute Gasteiger partial charge is 0.0991 e. The Balaban J connectivity index is 2.66. The van der Waals surface area contributed by atoms with Gasteiger partial charge < -0.3 is 5.11 Å². The number of azide groups is 1. The standard InChI is InChI=1S/C12H12N4O/c1-12(2)9-4-3-7(6-13)5-8(9)10(11(12)17)15-16-14/h3-5,10-11,17H,1-2H3/t10-,11+/m1/s1. The van der Waals surface area contributed by atoms with Crippen LogP contribution >= 0.6 is 0 Å². The summed E-state index contributed by atoms with van der Waals surface area (Å²) in [6, 6.07) is 6.66. The predicted molar refractivity (Wildman–Crippen MR) is 62.1 cm³/mol. The minimum absolute atomic E-state index is 0.470. The molecule has 0 saturated carbocycles. The van der Waals surface area contributed by atoms with Crippen molar-refractivity contribution >= 4 is 0 Å². The summed E-state index contributed by atoms with van der Waals surface area (Å²) >= 11 is 0. The van der Waals surface area contributed by atoms with Gasteiger partial charge in [0, 0.05) is 10.3 Å². The van der Waals surface area contributed by atoms with Gasteiger partial charge in [-0.1, -0.05) is 25.0 Å². The van der Waals surface area contributed by atoms with Crippen molar-refractivity contribution in [3.05, 3.63) is 45.3 Å². The minimum Gasteiger partial charge on any atom is -0.391 e. The van der Waals surface area contributed by atoms with E-state index >= 15 is 0 Å². The summed E-state index contributed by atoms with van der Waals surface area (Å²) in [7, 11) is 0. The van der Waals surface area contributed by atoms with Crippen molar-refractivity contribution in [3.63, 3.8) is 0 Å². The first-order chi connectivity index (χ1) is 8.02. The molecular weight excluding hydrogens is 216 g/mol. The van der Waals surface area contributed by atoms with Crippen LogP contribution < -0.4 is 0 Å². The fourth-order valence-corrected chi connectivity index (χ4v) is 2.37. The lowest BCUT2D eigenvalue weighted by molar-refractivity contribution is 0.0922. The van der Waals surface area contributed by atoms with Crippen LogP contribution in [0.15, 0.2) is 23.3 Å². The zero-order valence-electron chi connectivity index (χ0n) is 9.62. The Bertz CT molecular complexity index is 552. The molecule has 2 atom stereocenters. The van der Waals surface area contributed by atoms with E-state index in [4.69, 9.17) is 10.8 Å². The van der Waals surface area contributed by atoms with Crippen LogP contribution in [0, 0.1) is 11.3 Å². The highest BCUT2D eigenvalue weighted by Gasteiger charge is 2.45. The number of hydrogen-bond donors (Lipinski definition) is 1. The van der Waals surface area contributed by atoms with Gasteiger partial charge in [-0.2, -0.15) is 5.26 Å². The number of aliphatic hydroxyl groups excluding tert-OH is 1. The molecule has 0 radical (unpaired) electrons. The number of rotatable bonds is 1. The molecule has 1 aliphatic rings. The maximum Gasteiger partial charge on any atom is 0.0991 e. The fraction of sp³-hybridized carbons (Fsp3) is 0.417. The average Bonchev–Trinajstić information content (AvgIpc) is 2.51. The molecule has 0 fully saturated rings. The highest BCUT2D eigenvalue weighted by Crippen LogP contribution is 2.46. The molecular formula is C12H12N4O. The molecule has 2 rings (SSSR count). The molecule has 0 aliphatic heterocycles. The van der Waals surface area contributed by atoms with E-state index in [1.807, 2.05) is 26.0 Å². The normalized spacial score (nSPS) is 24.6. The van der Waals surface area contributed by atoms with E-state index in [2.05, 4.69) is 10.0 Å². The molecule has 5 heteroatoms. The van der Waals surface area contributed by atoms with Gasteiger partial charge in [0.2, 0.25) is 0 Å². The van der Waals surface area contributed by atoms with E-state index in [-0.39, 0.29) is 0 Å². The van der Waals surface area contributed by atoms with Crippen molar-refractivity contribution in [2.75, 3.05) is 0 Å². The van der Waals surface area contributed by atoms with Gasteiger partial charge in [0.25, 0.3) is 0 Å². The summed E-state index contributed by atoms with van der Waals surface area (Å²) < 4.78 is 0. The molecule has 0 aromatic heterocycles. The first kappa shape index (κ1) is 11.5. The lowest BCUT2D eigenvalue weighted by Gasteiger charge is -2.25. The molecule has 0 unspecified atom stereocenters. The summed E-state index contributed by atoms with van der Waals surface area (Å²) in [4.78, 5) is 2.77. The molecule has 1 N–H and O–H groups in total. The number of nitrogens with zero attached hydrogens (tertiary/aromatic N) is 4. The van der Waals surface area contributed by atoms with Crippen LogP contribution in [0.1, 0.15) is 36.6 Å². The van der Waals surface area contributed by atoms with Crippen LogP contribution in [0.3, 0.4) is 0 Å². The Hall–Kier alpha value is -2.02. The van der Waals surface area contributed by atoms with Crippen molar-refractivity contribution in [1.82, 2.24) is 0 Å². The Kier molecular flexibility index (Phi) is 2.55. The van der Waals surface area contributed by atoms with E-state index in [0.29, 0.717) is 5.56 Å². The molecule has 17 heavy (non-hydrogen) atoms. The van der Waals surface area contributed by atoms with E-state index in [0.717, 1.165) is 11.1 Å². The second-order valence-electron chi connectivity index (χ2n) is 4.73. The highest BCUT2D eigenvalue weighted by molar-refractivity contribution is 5.48. The average molecular weight is 228 g/mol. The van der Waals surface area contributed by atoms with Crippen molar-refractivity contribution in [3.8, 4) is 6.07 Å². The van der Waals surface area contributed by atoms with Crippen LogP contribution in [-0.2, 0) is 5.41 Å². The van der Waals surface area contributed by atoms with Gasteiger partial charge in [0.05, 0.1) is 23.8 Å². The highest BCUT2D eigenvalue weighted by atomic mass is 16.3. The molecule has 86 valence electrons. The summed E-state index contributed by atoms with van der Waals surface area (Å²) in [6.45, 7) is 3.80. The third-order valence-corrected chi connectivity index (χ3v) is 3.41. The van der Waals surface area contributed by atoms with Crippen molar-refractivity contribution in [1.29, 1.82) is 5.26 Å². The summed E-state index contributed by atoms with van der Waals surface area (Å²) in [5.74, 6) is 0. The predicted octanol–water partition coefficient (Wildman–Crippen LogP) is 2.56. The van der Waals surface area contributed by atoms with Gasteiger partial charge in [0.1, 0.15) is 0 Å². The lowest BCUT2D eigenvalue weighted by atomic mass is 9.84. The van der Waals surface area contributed by atoms with E-state index in [9.17, 15) is 5.11 Å². The molecule has 5 nitrogen and oxygen atoms in total. The Labute approximate surface area is 98.9 Å². The van der Waals surface area contributed by atoms with Crippen molar-refractivity contribution < 1.29 is 5.11 Å². The molecule has 0 saturated heterocycles. The maximum atomic E-state index is 10.2. The molecule has 0 heterocycles. The Morgan fingerprint density at radius 2 is 2.24 bits per heavy atom. The van der Waals surface area contributed by atoms with Crippen LogP contribution in [0.5, 0.6) is 0 Å². The number of benzene rings is 1. The molecule has 1 aliphatic carbocycles. The molecule has 1 aromatic rings. The summed E-state index contributed by atoms with van der Waals surface area (Å²) in [6.07, 6.45) is -0.762. The number of nitriles is 1. The van der Waals surface area contributed by atoms with Crippen LogP contribution in [0.4, 0.5) is 0 Å². The first-order valence-corrected chi connectivity index (χ1v) is 5.29. The van der Waals surface area contributed by atoms with Gasteiger partial charge in [-0.05, 0) is 28.8 Å². The van der Waals surface area contributed by atoms with Crippen LogP contribution in [0.25, 0.3) is 10.4 Å². The number of aliphatic hydroxyl groups is 1. The second-order valence-corrected chi connectivity index (χ2v) is 4.73. The van der Waals surface area contributed by atoms with Gasteiger partial charge in [0.15, 0.2) is 0 Å². The molecule has 0 amide bonds.